The highest BCUT2D eigenvalue weighted by atomic mass is 16.2. The molecular formula is C15H30N2O. The van der Waals surface area contributed by atoms with Gasteiger partial charge in [-0.15, -0.1) is 0 Å². The van der Waals surface area contributed by atoms with Crippen molar-refractivity contribution in [3.8, 4) is 0 Å². The van der Waals surface area contributed by atoms with Crippen LogP contribution in [0.2, 0.25) is 0 Å². The van der Waals surface area contributed by atoms with Crippen molar-refractivity contribution in [3.05, 3.63) is 0 Å². The second-order valence-electron chi connectivity index (χ2n) is 5.47. The number of carbonyl (C=O) groups is 1. The Hall–Kier alpha value is -0.570. The van der Waals surface area contributed by atoms with Gasteiger partial charge in [-0.2, -0.15) is 0 Å². The number of rotatable bonds is 8. The number of carbonyl (C=O) groups excluding carboxylic acids is 1. The van der Waals surface area contributed by atoms with E-state index in [1.807, 2.05) is 4.90 Å². The molecule has 1 fully saturated rings. The molecule has 0 radical (unpaired) electrons. The largest absolute Gasteiger partial charge is 0.340 e. The Balaban J connectivity index is 1.93. The van der Waals surface area contributed by atoms with E-state index < -0.39 is 0 Å². The Bertz CT molecular complexity index is 223. The zero-order valence-corrected chi connectivity index (χ0v) is 12.3. The molecular weight excluding hydrogens is 224 g/mol. The quantitative estimate of drug-likeness (QED) is 0.622. The lowest BCUT2D eigenvalue weighted by Crippen LogP contribution is -2.48. The second-order valence-corrected chi connectivity index (χ2v) is 5.47. The topological polar surface area (TPSA) is 23.6 Å². The summed E-state index contributed by atoms with van der Waals surface area (Å²) >= 11 is 0. The number of hydrogen-bond donors (Lipinski definition) is 0. The van der Waals surface area contributed by atoms with Crippen molar-refractivity contribution in [1.29, 1.82) is 0 Å². The fraction of sp³-hybridized carbons (Fsp3) is 0.933. The zero-order valence-electron chi connectivity index (χ0n) is 12.3. The van der Waals surface area contributed by atoms with E-state index >= 15 is 0 Å². The Morgan fingerprint density at radius 3 is 2.00 bits per heavy atom. The molecule has 0 bridgehead atoms. The molecule has 1 amide bonds. The number of unbranched alkanes of at least 4 members (excludes halogenated alkanes) is 6. The number of hydrogen-bond acceptors (Lipinski definition) is 2. The second kappa shape index (κ2) is 9.37. The molecule has 0 N–H and O–H groups in total. The average Bonchev–Trinajstić information content (AvgIpc) is 2.38. The van der Waals surface area contributed by atoms with Crippen LogP contribution in [0, 0.1) is 0 Å². The lowest BCUT2D eigenvalue weighted by molar-refractivity contribution is -0.130. The van der Waals surface area contributed by atoms with Crippen LogP contribution in [0.4, 0.5) is 0 Å². The third kappa shape index (κ3) is 6.39. The highest BCUT2D eigenvalue weighted by molar-refractivity contribution is 5.73. The molecule has 3 heteroatoms. The monoisotopic (exact) mass is 254 g/mol. The maximum atomic E-state index is 11.2. The maximum absolute atomic E-state index is 11.2. The van der Waals surface area contributed by atoms with Gasteiger partial charge in [0.25, 0.3) is 0 Å². The van der Waals surface area contributed by atoms with Crippen molar-refractivity contribution in [2.75, 3.05) is 32.7 Å². The molecule has 1 aliphatic heterocycles. The predicted molar refractivity (Wildman–Crippen MR) is 76.7 cm³/mol. The normalized spacial score (nSPS) is 17.1. The molecule has 0 atom stereocenters. The summed E-state index contributed by atoms with van der Waals surface area (Å²) in [5, 5.41) is 0. The summed E-state index contributed by atoms with van der Waals surface area (Å²) in [6.07, 6.45) is 9.64. The van der Waals surface area contributed by atoms with Crippen LogP contribution in [0.5, 0.6) is 0 Å². The van der Waals surface area contributed by atoms with Gasteiger partial charge < -0.3 is 4.90 Å². The third-order valence-corrected chi connectivity index (χ3v) is 3.90. The molecule has 0 saturated carbocycles. The molecule has 106 valence electrons. The van der Waals surface area contributed by atoms with Gasteiger partial charge in [0.1, 0.15) is 0 Å². The van der Waals surface area contributed by atoms with E-state index in [-0.39, 0.29) is 5.91 Å². The first-order valence-electron chi connectivity index (χ1n) is 7.72. The van der Waals surface area contributed by atoms with Crippen molar-refractivity contribution < 1.29 is 4.79 Å². The van der Waals surface area contributed by atoms with Crippen molar-refractivity contribution in [2.45, 2.75) is 58.8 Å². The highest BCUT2D eigenvalue weighted by Gasteiger charge is 2.17. The van der Waals surface area contributed by atoms with Crippen molar-refractivity contribution in [1.82, 2.24) is 9.80 Å². The lowest BCUT2D eigenvalue weighted by Gasteiger charge is -2.34. The van der Waals surface area contributed by atoms with Crippen LogP contribution in [-0.4, -0.2) is 48.4 Å². The molecule has 1 aliphatic rings. The molecule has 0 unspecified atom stereocenters. The van der Waals surface area contributed by atoms with E-state index in [0.29, 0.717) is 0 Å². The Morgan fingerprint density at radius 1 is 0.889 bits per heavy atom. The third-order valence-electron chi connectivity index (χ3n) is 3.90. The van der Waals surface area contributed by atoms with E-state index in [1.165, 1.54) is 51.5 Å². The van der Waals surface area contributed by atoms with Gasteiger partial charge in [-0.05, 0) is 13.0 Å². The van der Waals surface area contributed by atoms with Crippen LogP contribution in [0.1, 0.15) is 58.8 Å². The molecule has 1 heterocycles. The van der Waals surface area contributed by atoms with Gasteiger partial charge in [-0.25, -0.2) is 0 Å². The summed E-state index contributed by atoms with van der Waals surface area (Å²) in [5.41, 5.74) is 0. The minimum Gasteiger partial charge on any atom is -0.340 e. The van der Waals surface area contributed by atoms with Gasteiger partial charge in [0.2, 0.25) is 5.91 Å². The molecule has 1 saturated heterocycles. The minimum atomic E-state index is 0.227. The van der Waals surface area contributed by atoms with Crippen molar-refractivity contribution in [3.63, 3.8) is 0 Å². The van der Waals surface area contributed by atoms with Crippen LogP contribution >= 0.6 is 0 Å². The summed E-state index contributed by atoms with van der Waals surface area (Å²) in [4.78, 5) is 15.7. The Labute approximate surface area is 113 Å². The van der Waals surface area contributed by atoms with Crippen LogP contribution in [-0.2, 0) is 4.79 Å². The van der Waals surface area contributed by atoms with Crippen LogP contribution in [0.3, 0.4) is 0 Å². The Kier molecular flexibility index (Phi) is 8.06. The zero-order chi connectivity index (χ0) is 13.2. The molecule has 0 aromatic heterocycles. The summed E-state index contributed by atoms with van der Waals surface area (Å²) < 4.78 is 0. The van der Waals surface area contributed by atoms with Crippen LogP contribution in [0.15, 0.2) is 0 Å². The number of nitrogens with zero attached hydrogens (tertiary/aromatic N) is 2. The first-order chi connectivity index (χ1) is 8.74. The van der Waals surface area contributed by atoms with Gasteiger partial charge in [0.05, 0.1) is 0 Å². The first kappa shape index (κ1) is 15.5. The van der Waals surface area contributed by atoms with E-state index in [0.717, 1.165) is 26.2 Å². The van der Waals surface area contributed by atoms with E-state index in [9.17, 15) is 4.79 Å². The molecule has 0 spiro atoms. The van der Waals surface area contributed by atoms with Gasteiger partial charge in [0.15, 0.2) is 0 Å². The SMILES string of the molecule is CCCCCCCCCN1CCN(C(C)=O)CC1. The predicted octanol–water partition coefficient (Wildman–Crippen LogP) is 2.90. The standard InChI is InChI=1S/C15H30N2O/c1-3-4-5-6-7-8-9-10-16-11-13-17(14-12-16)15(2)18/h3-14H2,1-2H3. The van der Waals surface area contributed by atoms with Crippen LogP contribution < -0.4 is 0 Å². The number of piperazine rings is 1. The van der Waals surface area contributed by atoms with E-state index in [4.69, 9.17) is 0 Å². The molecule has 0 aromatic rings. The van der Waals surface area contributed by atoms with E-state index in [2.05, 4.69) is 11.8 Å². The highest BCUT2D eigenvalue weighted by Crippen LogP contribution is 2.09. The van der Waals surface area contributed by atoms with Crippen molar-refractivity contribution >= 4 is 5.91 Å². The molecule has 1 rings (SSSR count). The fourth-order valence-corrected chi connectivity index (χ4v) is 2.58. The molecule has 18 heavy (non-hydrogen) atoms. The molecule has 3 nitrogen and oxygen atoms in total. The summed E-state index contributed by atoms with van der Waals surface area (Å²) in [6, 6.07) is 0. The summed E-state index contributed by atoms with van der Waals surface area (Å²) in [7, 11) is 0. The van der Waals surface area contributed by atoms with Gasteiger partial charge in [-0.1, -0.05) is 45.4 Å². The minimum absolute atomic E-state index is 0.227. The van der Waals surface area contributed by atoms with Gasteiger partial charge in [0, 0.05) is 33.1 Å². The molecule has 0 aliphatic carbocycles. The maximum Gasteiger partial charge on any atom is 0.219 e. The smallest absolute Gasteiger partial charge is 0.219 e. The van der Waals surface area contributed by atoms with E-state index in [1.54, 1.807) is 6.92 Å². The summed E-state index contributed by atoms with van der Waals surface area (Å²) in [6.45, 7) is 9.13. The molecule has 0 aromatic carbocycles. The van der Waals surface area contributed by atoms with Crippen LogP contribution in [0.25, 0.3) is 0 Å². The fourth-order valence-electron chi connectivity index (χ4n) is 2.58. The number of amides is 1. The Morgan fingerprint density at radius 2 is 1.44 bits per heavy atom. The van der Waals surface area contributed by atoms with Gasteiger partial charge in [-0.3, -0.25) is 9.69 Å². The van der Waals surface area contributed by atoms with Gasteiger partial charge >= 0.3 is 0 Å². The lowest BCUT2D eigenvalue weighted by atomic mass is 10.1. The van der Waals surface area contributed by atoms with Crippen molar-refractivity contribution in [2.24, 2.45) is 0 Å². The average molecular weight is 254 g/mol. The first-order valence-corrected chi connectivity index (χ1v) is 7.72. The summed E-state index contributed by atoms with van der Waals surface area (Å²) in [5.74, 6) is 0.227.